The summed E-state index contributed by atoms with van der Waals surface area (Å²) in [4.78, 5) is 0. The highest BCUT2D eigenvalue weighted by atomic mass is 32.2. The summed E-state index contributed by atoms with van der Waals surface area (Å²) in [6, 6.07) is 31.9. The van der Waals surface area contributed by atoms with Crippen molar-refractivity contribution in [1.29, 1.82) is 0 Å². The maximum absolute atomic E-state index is 3.65. The van der Waals surface area contributed by atoms with Crippen molar-refractivity contribution in [1.82, 2.24) is 10.9 Å². The molecular weight excluding hydrogens is 348 g/mol. The van der Waals surface area contributed by atoms with E-state index in [-0.39, 0.29) is 0 Å². The quantitative estimate of drug-likeness (QED) is 0.243. The van der Waals surface area contributed by atoms with E-state index in [1.807, 2.05) is 11.8 Å². The third-order valence-electron chi connectivity index (χ3n) is 4.33. The molecule has 3 rings (SSSR count). The van der Waals surface area contributed by atoms with Gasteiger partial charge in [0.15, 0.2) is 0 Å². The molecule has 3 heteroatoms. The zero-order valence-corrected chi connectivity index (χ0v) is 16.7. The second kappa shape index (κ2) is 11.4. The number of rotatable bonds is 8. The van der Waals surface area contributed by atoms with Gasteiger partial charge in [-0.3, -0.25) is 5.43 Å². The summed E-state index contributed by atoms with van der Waals surface area (Å²) >= 11 is 1.84. The molecule has 0 atom stereocenters. The minimum Gasteiger partial charge on any atom is -0.256 e. The summed E-state index contributed by atoms with van der Waals surface area (Å²) in [5.41, 5.74) is 10.3. The molecule has 0 aliphatic heterocycles. The van der Waals surface area contributed by atoms with Gasteiger partial charge in [-0.2, -0.15) is 11.8 Å². The van der Waals surface area contributed by atoms with Gasteiger partial charge in [0.2, 0.25) is 0 Å². The summed E-state index contributed by atoms with van der Waals surface area (Å²) in [5.74, 6) is 1.06. The largest absolute Gasteiger partial charge is 0.256 e. The lowest BCUT2D eigenvalue weighted by molar-refractivity contribution is 0.400. The first kappa shape index (κ1) is 21.0. The first-order valence-corrected chi connectivity index (χ1v) is 10.4. The third kappa shape index (κ3) is 5.10. The Morgan fingerprint density at radius 2 is 1.07 bits per heavy atom. The molecule has 0 radical (unpaired) electrons. The highest BCUT2D eigenvalue weighted by molar-refractivity contribution is 7.98. The van der Waals surface area contributed by atoms with Crippen LogP contribution in [0.4, 0.5) is 0 Å². The predicted molar refractivity (Wildman–Crippen MR) is 120 cm³/mol. The normalized spacial score (nSPS) is 10.7. The van der Waals surface area contributed by atoms with Gasteiger partial charge in [-0.05, 0) is 22.9 Å². The molecule has 140 valence electrons. The van der Waals surface area contributed by atoms with Gasteiger partial charge >= 0.3 is 0 Å². The van der Waals surface area contributed by atoms with E-state index in [0.29, 0.717) is 0 Å². The lowest BCUT2D eigenvalue weighted by Crippen LogP contribution is -2.52. The second-order valence-corrected chi connectivity index (χ2v) is 6.88. The fourth-order valence-corrected chi connectivity index (χ4v) is 3.44. The monoisotopic (exact) mass is 376 g/mol. The van der Waals surface area contributed by atoms with Crippen molar-refractivity contribution in [2.24, 2.45) is 0 Å². The molecule has 0 fully saturated rings. The zero-order valence-electron chi connectivity index (χ0n) is 15.9. The predicted octanol–water partition coefficient (Wildman–Crippen LogP) is 5.24. The molecule has 0 amide bonds. The van der Waals surface area contributed by atoms with E-state index >= 15 is 0 Å². The average molecular weight is 377 g/mol. The van der Waals surface area contributed by atoms with Gasteiger partial charge in [-0.25, -0.2) is 5.43 Å². The summed E-state index contributed by atoms with van der Waals surface area (Å²) < 4.78 is 0. The fourth-order valence-electron chi connectivity index (χ4n) is 3.13. The molecule has 27 heavy (non-hydrogen) atoms. The number of hydrazine groups is 1. The Balaban J connectivity index is 0.00000126. The Hall–Kier alpha value is -2.33. The van der Waals surface area contributed by atoms with Crippen LogP contribution in [-0.4, -0.2) is 18.6 Å². The number of hydrogen-bond acceptors (Lipinski definition) is 3. The van der Waals surface area contributed by atoms with Crippen LogP contribution >= 0.6 is 11.8 Å². The lowest BCUT2D eigenvalue weighted by atomic mass is 9.77. The van der Waals surface area contributed by atoms with Crippen LogP contribution < -0.4 is 10.9 Å². The summed E-state index contributed by atoms with van der Waals surface area (Å²) in [5, 5.41) is 0. The van der Waals surface area contributed by atoms with Gasteiger partial charge in [-0.15, -0.1) is 13.2 Å². The minimum atomic E-state index is -0.442. The van der Waals surface area contributed by atoms with Crippen molar-refractivity contribution < 1.29 is 0 Å². The van der Waals surface area contributed by atoms with Crippen molar-refractivity contribution in [3.05, 3.63) is 121 Å². The molecule has 0 spiro atoms. The highest BCUT2D eigenvalue weighted by Gasteiger charge is 2.35. The molecule has 3 aromatic carbocycles. The Bertz CT molecular complexity index is 663. The highest BCUT2D eigenvalue weighted by Crippen LogP contribution is 2.36. The van der Waals surface area contributed by atoms with Crippen molar-refractivity contribution in [3.63, 3.8) is 0 Å². The Morgan fingerprint density at radius 3 is 1.41 bits per heavy atom. The first-order chi connectivity index (χ1) is 13.4. The van der Waals surface area contributed by atoms with Crippen LogP contribution in [0.15, 0.2) is 104 Å². The van der Waals surface area contributed by atoms with Crippen LogP contribution in [0.2, 0.25) is 0 Å². The van der Waals surface area contributed by atoms with Gasteiger partial charge in [0.25, 0.3) is 0 Å². The average Bonchev–Trinajstić information content (AvgIpc) is 2.77. The number of hydrogen-bond donors (Lipinski definition) is 2. The third-order valence-corrected chi connectivity index (χ3v) is 4.94. The van der Waals surface area contributed by atoms with E-state index in [1.165, 1.54) is 16.7 Å². The standard InChI is InChI=1S/C22H24N2S.C2H4/c1-25-18-17-23-24-22(19-11-5-2-6-12-19,20-13-7-3-8-14-20)21-15-9-4-10-16-21;1-2/h2-16,23-24H,17-18H2,1H3;1-2H2. The molecule has 0 bridgehead atoms. The maximum atomic E-state index is 3.65. The van der Waals surface area contributed by atoms with Crippen molar-refractivity contribution >= 4 is 11.8 Å². The minimum absolute atomic E-state index is 0.442. The van der Waals surface area contributed by atoms with E-state index in [4.69, 9.17) is 0 Å². The Kier molecular flexibility index (Phi) is 8.85. The van der Waals surface area contributed by atoms with Crippen LogP contribution in [0.1, 0.15) is 16.7 Å². The molecule has 2 N–H and O–H groups in total. The fraction of sp³-hybridized carbons (Fsp3) is 0.167. The van der Waals surface area contributed by atoms with E-state index in [2.05, 4.69) is 121 Å². The molecule has 3 aromatic rings. The second-order valence-electron chi connectivity index (χ2n) is 5.89. The molecule has 0 aliphatic rings. The molecule has 0 heterocycles. The van der Waals surface area contributed by atoms with Crippen molar-refractivity contribution in [2.75, 3.05) is 18.6 Å². The SMILES string of the molecule is C=C.CSCCNNC(c1ccccc1)(c1ccccc1)c1ccccc1. The van der Waals surface area contributed by atoms with Crippen molar-refractivity contribution in [3.8, 4) is 0 Å². The zero-order chi connectivity index (χ0) is 19.4. The van der Waals surface area contributed by atoms with Gasteiger partial charge in [0.05, 0.1) is 0 Å². The molecular formula is C24H28N2S. The molecule has 0 saturated carbocycles. The molecule has 0 aromatic heterocycles. The summed E-state index contributed by atoms with van der Waals surface area (Å²) in [6.45, 7) is 6.90. The van der Waals surface area contributed by atoms with Crippen LogP contribution in [0.3, 0.4) is 0 Å². The Morgan fingerprint density at radius 1 is 0.704 bits per heavy atom. The first-order valence-electron chi connectivity index (χ1n) is 9.03. The van der Waals surface area contributed by atoms with Crippen LogP contribution in [0, 0.1) is 0 Å². The smallest absolute Gasteiger partial charge is 0.107 e. The van der Waals surface area contributed by atoms with Gasteiger partial charge in [0, 0.05) is 12.3 Å². The maximum Gasteiger partial charge on any atom is 0.107 e. The summed E-state index contributed by atoms with van der Waals surface area (Å²) in [6.07, 6.45) is 2.13. The number of thioether (sulfide) groups is 1. The molecule has 0 saturated heterocycles. The van der Waals surface area contributed by atoms with Gasteiger partial charge < -0.3 is 0 Å². The Labute approximate surface area is 167 Å². The van der Waals surface area contributed by atoms with Crippen molar-refractivity contribution in [2.45, 2.75) is 5.54 Å². The lowest BCUT2D eigenvalue weighted by Gasteiger charge is -2.37. The molecule has 2 nitrogen and oxygen atoms in total. The van der Waals surface area contributed by atoms with E-state index in [1.54, 1.807) is 0 Å². The topological polar surface area (TPSA) is 24.1 Å². The van der Waals surface area contributed by atoms with Crippen LogP contribution in [-0.2, 0) is 5.54 Å². The van der Waals surface area contributed by atoms with Crippen LogP contribution in [0.5, 0.6) is 0 Å². The molecule has 0 aliphatic carbocycles. The summed E-state index contributed by atoms with van der Waals surface area (Å²) in [7, 11) is 0. The number of nitrogens with one attached hydrogen (secondary N) is 2. The van der Waals surface area contributed by atoms with E-state index in [9.17, 15) is 0 Å². The van der Waals surface area contributed by atoms with Crippen LogP contribution in [0.25, 0.3) is 0 Å². The molecule has 0 unspecified atom stereocenters. The van der Waals surface area contributed by atoms with E-state index < -0.39 is 5.54 Å². The van der Waals surface area contributed by atoms with E-state index in [0.717, 1.165) is 12.3 Å². The van der Waals surface area contributed by atoms with Gasteiger partial charge in [0.1, 0.15) is 5.54 Å². The number of benzene rings is 3. The van der Waals surface area contributed by atoms with Gasteiger partial charge in [-0.1, -0.05) is 91.0 Å².